The Morgan fingerprint density at radius 1 is 1.04 bits per heavy atom. The predicted octanol–water partition coefficient (Wildman–Crippen LogP) is 4.04. The first kappa shape index (κ1) is 19.1. The number of piperazine rings is 1. The molecule has 1 fully saturated rings. The Morgan fingerprint density at radius 3 is 2.30 bits per heavy atom. The van der Waals surface area contributed by atoms with E-state index in [1.165, 1.54) is 13.0 Å². The summed E-state index contributed by atoms with van der Waals surface area (Å²) in [5, 5.41) is 0.651. The van der Waals surface area contributed by atoms with Gasteiger partial charge in [-0.1, -0.05) is 23.7 Å². The first-order valence-corrected chi connectivity index (χ1v) is 9.10. The fourth-order valence-electron chi connectivity index (χ4n) is 3.00. The number of anilines is 1. The van der Waals surface area contributed by atoms with Crippen LogP contribution in [0.15, 0.2) is 48.5 Å². The molecule has 0 unspecified atom stereocenters. The Bertz CT molecular complexity index is 872. The van der Waals surface area contributed by atoms with E-state index in [1.807, 2.05) is 17.0 Å². The summed E-state index contributed by atoms with van der Waals surface area (Å²) in [5.74, 6) is -0.648. The van der Waals surface area contributed by atoms with Crippen LogP contribution in [0.25, 0.3) is 6.08 Å². The van der Waals surface area contributed by atoms with Gasteiger partial charge in [-0.3, -0.25) is 9.59 Å². The smallest absolute Gasteiger partial charge is 0.246 e. The monoisotopic (exact) mass is 386 g/mol. The summed E-state index contributed by atoms with van der Waals surface area (Å²) in [6, 6.07) is 11.8. The largest absolute Gasteiger partial charge is 0.366 e. The highest BCUT2D eigenvalue weighted by atomic mass is 35.5. The van der Waals surface area contributed by atoms with Crippen LogP contribution in [0.3, 0.4) is 0 Å². The fraction of sp³-hybridized carbons (Fsp3) is 0.238. The highest BCUT2D eigenvalue weighted by molar-refractivity contribution is 6.30. The quantitative estimate of drug-likeness (QED) is 0.588. The van der Waals surface area contributed by atoms with E-state index in [0.717, 1.165) is 5.56 Å². The first-order chi connectivity index (χ1) is 12.9. The number of carbonyl (C=O) groups excluding carboxylic acids is 2. The highest BCUT2D eigenvalue weighted by Crippen LogP contribution is 2.22. The molecule has 1 heterocycles. The predicted molar refractivity (Wildman–Crippen MR) is 106 cm³/mol. The molecule has 0 atom stereocenters. The van der Waals surface area contributed by atoms with E-state index in [4.69, 9.17) is 11.6 Å². The zero-order valence-corrected chi connectivity index (χ0v) is 15.7. The van der Waals surface area contributed by atoms with E-state index < -0.39 is 5.82 Å². The zero-order chi connectivity index (χ0) is 19.4. The van der Waals surface area contributed by atoms with Gasteiger partial charge in [0.1, 0.15) is 5.82 Å². The van der Waals surface area contributed by atoms with Gasteiger partial charge in [-0.2, -0.15) is 0 Å². The van der Waals surface area contributed by atoms with Gasteiger partial charge in [0, 0.05) is 42.8 Å². The molecule has 0 aliphatic carbocycles. The summed E-state index contributed by atoms with van der Waals surface area (Å²) in [4.78, 5) is 27.3. The normalized spacial score (nSPS) is 14.6. The molecular weight excluding hydrogens is 367 g/mol. The van der Waals surface area contributed by atoms with Crippen molar-refractivity contribution in [3.05, 3.63) is 70.5 Å². The van der Waals surface area contributed by atoms with Crippen LogP contribution >= 0.6 is 11.6 Å². The summed E-state index contributed by atoms with van der Waals surface area (Å²) in [5.41, 5.74) is 1.72. The number of hydrogen-bond donors (Lipinski definition) is 0. The minimum Gasteiger partial charge on any atom is -0.366 e. The average Bonchev–Trinajstić information content (AvgIpc) is 2.67. The van der Waals surface area contributed by atoms with Gasteiger partial charge in [0.2, 0.25) is 5.91 Å². The molecule has 0 N–H and O–H groups in total. The summed E-state index contributed by atoms with van der Waals surface area (Å²) in [7, 11) is 0. The highest BCUT2D eigenvalue weighted by Gasteiger charge is 2.22. The molecule has 2 aromatic rings. The Kier molecular flexibility index (Phi) is 5.91. The molecule has 0 bridgehead atoms. The topological polar surface area (TPSA) is 40.6 Å². The molecule has 27 heavy (non-hydrogen) atoms. The number of hydrogen-bond acceptors (Lipinski definition) is 3. The molecule has 1 aliphatic heterocycles. The molecule has 0 spiro atoms. The van der Waals surface area contributed by atoms with Gasteiger partial charge in [-0.15, -0.1) is 0 Å². The number of ketones is 1. The number of benzene rings is 2. The maximum Gasteiger partial charge on any atom is 0.246 e. The van der Waals surface area contributed by atoms with Crippen molar-refractivity contribution in [2.45, 2.75) is 6.92 Å². The van der Waals surface area contributed by atoms with Gasteiger partial charge in [0.15, 0.2) is 5.78 Å². The molecule has 2 aromatic carbocycles. The zero-order valence-electron chi connectivity index (χ0n) is 15.0. The second-order valence-electron chi connectivity index (χ2n) is 6.42. The van der Waals surface area contributed by atoms with Crippen LogP contribution in [-0.2, 0) is 4.79 Å². The molecule has 1 aliphatic rings. The molecule has 1 saturated heterocycles. The van der Waals surface area contributed by atoms with Crippen molar-refractivity contribution in [2.24, 2.45) is 0 Å². The first-order valence-electron chi connectivity index (χ1n) is 8.72. The van der Waals surface area contributed by atoms with E-state index in [0.29, 0.717) is 42.5 Å². The Morgan fingerprint density at radius 2 is 1.70 bits per heavy atom. The third kappa shape index (κ3) is 4.74. The van der Waals surface area contributed by atoms with Crippen LogP contribution in [-0.4, -0.2) is 42.8 Å². The number of carbonyl (C=O) groups is 2. The summed E-state index contributed by atoms with van der Waals surface area (Å²) >= 11 is 5.85. The second kappa shape index (κ2) is 8.35. The van der Waals surface area contributed by atoms with Gasteiger partial charge in [0.25, 0.3) is 0 Å². The van der Waals surface area contributed by atoms with Crippen molar-refractivity contribution < 1.29 is 14.0 Å². The molecule has 0 radical (unpaired) electrons. The number of amides is 1. The van der Waals surface area contributed by atoms with Gasteiger partial charge in [0.05, 0.1) is 5.69 Å². The molecule has 0 saturated carbocycles. The average molecular weight is 387 g/mol. The molecular formula is C21H20ClFN2O2. The van der Waals surface area contributed by atoms with E-state index >= 15 is 0 Å². The van der Waals surface area contributed by atoms with Crippen LogP contribution < -0.4 is 4.90 Å². The summed E-state index contributed by atoms with van der Waals surface area (Å²) in [6.45, 7) is 3.51. The lowest BCUT2D eigenvalue weighted by molar-refractivity contribution is -0.126. The number of halogens is 2. The number of rotatable bonds is 4. The van der Waals surface area contributed by atoms with E-state index in [9.17, 15) is 14.0 Å². The standard InChI is InChI=1S/C21H20ClFN2O2/c1-15(26)17-5-8-20(19(23)14-17)24-10-12-25(13-11-24)21(27)9-4-16-2-6-18(22)7-3-16/h2-9,14H,10-13H2,1H3. The molecule has 1 amide bonds. The molecule has 140 valence electrons. The van der Waals surface area contributed by atoms with Crippen molar-refractivity contribution in [1.29, 1.82) is 0 Å². The van der Waals surface area contributed by atoms with Crippen molar-refractivity contribution in [2.75, 3.05) is 31.1 Å². The van der Waals surface area contributed by atoms with Crippen LogP contribution in [0.2, 0.25) is 5.02 Å². The van der Waals surface area contributed by atoms with E-state index in [2.05, 4.69) is 0 Å². The molecule has 3 rings (SSSR count). The van der Waals surface area contributed by atoms with Crippen LogP contribution in [0.4, 0.5) is 10.1 Å². The van der Waals surface area contributed by atoms with E-state index in [-0.39, 0.29) is 11.7 Å². The van der Waals surface area contributed by atoms with Crippen LogP contribution in [0, 0.1) is 5.82 Å². The summed E-state index contributed by atoms with van der Waals surface area (Å²) < 4.78 is 14.3. The maximum absolute atomic E-state index is 14.3. The van der Waals surface area contributed by atoms with Gasteiger partial charge in [-0.05, 0) is 48.9 Å². The number of nitrogens with zero attached hydrogens (tertiary/aromatic N) is 2. The van der Waals surface area contributed by atoms with Crippen molar-refractivity contribution in [3.8, 4) is 0 Å². The molecule has 4 nitrogen and oxygen atoms in total. The third-order valence-electron chi connectivity index (χ3n) is 4.57. The lowest BCUT2D eigenvalue weighted by Crippen LogP contribution is -2.48. The van der Waals surface area contributed by atoms with Gasteiger partial charge < -0.3 is 9.80 Å². The van der Waals surface area contributed by atoms with Crippen LogP contribution in [0.1, 0.15) is 22.8 Å². The number of Topliss-reactive ketones (excluding diaryl/α,β-unsaturated/α-hetero) is 1. The lowest BCUT2D eigenvalue weighted by atomic mass is 10.1. The Labute approximate surface area is 162 Å². The summed E-state index contributed by atoms with van der Waals surface area (Å²) in [6.07, 6.45) is 3.30. The van der Waals surface area contributed by atoms with Crippen molar-refractivity contribution in [1.82, 2.24) is 4.90 Å². The third-order valence-corrected chi connectivity index (χ3v) is 4.83. The van der Waals surface area contributed by atoms with Gasteiger partial charge in [-0.25, -0.2) is 4.39 Å². The second-order valence-corrected chi connectivity index (χ2v) is 6.86. The maximum atomic E-state index is 14.3. The van der Waals surface area contributed by atoms with Crippen LogP contribution in [0.5, 0.6) is 0 Å². The minimum absolute atomic E-state index is 0.0722. The molecule has 6 heteroatoms. The van der Waals surface area contributed by atoms with Crippen molar-refractivity contribution >= 4 is 35.1 Å². The van der Waals surface area contributed by atoms with Gasteiger partial charge >= 0.3 is 0 Å². The molecule has 0 aromatic heterocycles. The Hall–Kier alpha value is -2.66. The Balaban J connectivity index is 1.59. The van der Waals surface area contributed by atoms with E-state index in [1.54, 1.807) is 41.3 Å². The minimum atomic E-state index is -0.412. The fourth-order valence-corrected chi connectivity index (χ4v) is 3.12. The lowest BCUT2D eigenvalue weighted by Gasteiger charge is -2.35. The van der Waals surface area contributed by atoms with Crippen molar-refractivity contribution in [3.63, 3.8) is 0 Å². The SMILES string of the molecule is CC(=O)c1ccc(N2CCN(C(=O)C=Cc3ccc(Cl)cc3)CC2)c(F)c1.